The van der Waals surface area contributed by atoms with E-state index in [1.54, 1.807) is 5.43 Å². The third kappa shape index (κ3) is 2.40. The van der Waals surface area contributed by atoms with Crippen LogP contribution in [0.4, 0.5) is 4.39 Å². The summed E-state index contributed by atoms with van der Waals surface area (Å²) in [7, 11) is -8.90. The molecule has 0 saturated heterocycles. The number of hydrazine groups is 1. The Labute approximate surface area is 131 Å². The largest absolute Gasteiger partial charge is 0.275 e. The van der Waals surface area contributed by atoms with Gasteiger partial charge in [0.2, 0.25) is 0 Å². The van der Waals surface area contributed by atoms with Gasteiger partial charge in [0.25, 0.3) is 26.0 Å². The summed E-state index contributed by atoms with van der Waals surface area (Å²) in [6.07, 6.45) is 0. The van der Waals surface area contributed by atoms with Crippen LogP contribution in [0, 0.1) is 5.82 Å². The van der Waals surface area contributed by atoms with E-state index in [0.717, 1.165) is 24.3 Å². The Hall–Kier alpha value is -2.30. The minimum Gasteiger partial charge on any atom is -0.268 e. The van der Waals surface area contributed by atoms with Crippen LogP contribution < -0.4 is 5.43 Å². The molecule has 1 heterocycles. The highest BCUT2D eigenvalue weighted by molar-refractivity contribution is 8.06. The standard InChI is InChI=1S/C13H9FN2O5S2/c14-10-5-3-4-9(8-10)13(17)15-16-22(18,19)11-6-1-2-7-12(11)23(16,20)21/h1-8H,(H,15,17). The van der Waals surface area contributed by atoms with Gasteiger partial charge in [0.05, 0.1) is 0 Å². The van der Waals surface area contributed by atoms with Crippen molar-refractivity contribution < 1.29 is 26.0 Å². The van der Waals surface area contributed by atoms with E-state index in [-0.39, 0.29) is 9.38 Å². The summed E-state index contributed by atoms with van der Waals surface area (Å²) in [5, 5.41) is 0. The first-order valence-corrected chi connectivity index (χ1v) is 9.09. The number of nitrogens with one attached hydrogen (secondary N) is 1. The maximum Gasteiger partial charge on any atom is 0.275 e. The number of benzene rings is 2. The first kappa shape index (κ1) is 15.6. The van der Waals surface area contributed by atoms with Crippen LogP contribution in [0.1, 0.15) is 10.4 Å². The maximum atomic E-state index is 13.1. The second kappa shape index (κ2) is 5.11. The van der Waals surface area contributed by atoms with Crippen molar-refractivity contribution in [3.8, 4) is 0 Å². The van der Waals surface area contributed by atoms with Crippen molar-refractivity contribution in [1.82, 2.24) is 9.25 Å². The summed E-state index contributed by atoms with van der Waals surface area (Å²) < 4.78 is 62.2. The first-order valence-electron chi connectivity index (χ1n) is 6.21. The molecule has 1 aliphatic heterocycles. The molecular weight excluding hydrogens is 347 g/mol. The number of nitrogens with zero attached hydrogens (tertiary/aromatic N) is 1. The van der Waals surface area contributed by atoms with Gasteiger partial charge in [-0.25, -0.2) is 21.2 Å². The molecule has 0 atom stereocenters. The highest BCUT2D eigenvalue weighted by atomic mass is 32.3. The Morgan fingerprint density at radius 3 is 2.00 bits per heavy atom. The predicted molar refractivity (Wildman–Crippen MR) is 76.5 cm³/mol. The van der Waals surface area contributed by atoms with Gasteiger partial charge in [0, 0.05) is 9.38 Å². The lowest BCUT2D eigenvalue weighted by Crippen LogP contribution is -2.45. The molecule has 0 aliphatic carbocycles. The van der Waals surface area contributed by atoms with E-state index >= 15 is 0 Å². The Morgan fingerprint density at radius 1 is 0.913 bits per heavy atom. The molecule has 0 spiro atoms. The molecule has 0 bridgehead atoms. The molecule has 0 fully saturated rings. The number of fused-ring (bicyclic) bond motifs is 1. The van der Waals surface area contributed by atoms with Crippen LogP contribution in [0.3, 0.4) is 0 Å². The first-order chi connectivity index (χ1) is 10.7. The molecule has 2 aromatic carbocycles. The highest BCUT2D eigenvalue weighted by Gasteiger charge is 2.48. The van der Waals surface area contributed by atoms with E-state index in [1.165, 1.54) is 24.3 Å². The van der Waals surface area contributed by atoms with Gasteiger partial charge in [-0.15, -0.1) is 0 Å². The van der Waals surface area contributed by atoms with E-state index in [2.05, 4.69) is 0 Å². The van der Waals surface area contributed by atoms with Crippen molar-refractivity contribution in [1.29, 1.82) is 0 Å². The molecule has 1 aliphatic rings. The average molecular weight is 356 g/mol. The van der Waals surface area contributed by atoms with E-state index in [4.69, 9.17) is 0 Å². The van der Waals surface area contributed by atoms with Gasteiger partial charge in [-0.05, 0) is 30.3 Å². The van der Waals surface area contributed by atoms with Gasteiger partial charge in [-0.1, -0.05) is 18.2 Å². The number of halogens is 1. The summed E-state index contributed by atoms with van der Waals surface area (Å²) in [6.45, 7) is 0. The van der Waals surface area contributed by atoms with Crippen LogP contribution >= 0.6 is 0 Å². The van der Waals surface area contributed by atoms with Crippen LogP contribution in [0.5, 0.6) is 0 Å². The van der Waals surface area contributed by atoms with E-state index < -0.39 is 41.6 Å². The number of carbonyl (C=O) groups excluding carboxylic acids is 1. The summed E-state index contributed by atoms with van der Waals surface area (Å²) in [6, 6.07) is 9.39. The number of hydrogen-bond donors (Lipinski definition) is 1. The second-order valence-electron chi connectivity index (χ2n) is 4.61. The van der Waals surface area contributed by atoms with E-state index in [1.807, 2.05) is 0 Å². The van der Waals surface area contributed by atoms with Crippen LogP contribution in [0.15, 0.2) is 58.3 Å². The predicted octanol–water partition coefficient (Wildman–Crippen LogP) is 0.864. The van der Waals surface area contributed by atoms with Gasteiger partial charge in [0.15, 0.2) is 0 Å². The lowest BCUT2D eigenvalue weighted by Gasteiger charge is -2.14. The molecule has 0 aromatic heterocycles. The third-order valence-electron chi connectivity index (χ3n) is 3.12. The molecular formula is C13H9FN2O5S2. The molecule has 0 saturated carbocycles. The topological polar surface area (TPSA) is 101 Å². The SMILES string of the molecule is O=C(NN1S(=O)(=O)c2ccccc2S1(=O)=O)c1cccc(F)c1. The Morgan fingerprint density at radius 2 is 1.48 bits per heavy atom. The normalized spacial score (nSPS) is 18.3. The van der Waals surface area contributed by atoms with Gasteiger partial charge in [0.1, 0.15) is 15.6 Å². The molecule has 7 nitrogen and oxygen atoms in total. The zero-order chi connectivity index (χ0) is 16.8. The number of carbonyl (C=O) groups is 1. The number of hydrogen-bond acceptors (Lipinski definition) is 5. The van der Waals surface area contributed by atoms with Crippen molar-refractivity contribution in [3.63, 3.8) is 0 Å². The third-order valence-corrected chi connectivity index (χ3v) is 7.31. The van der Waals surface area contributed by atoms with Gasteiger partial charge >= 0.3 is 0 Å². The molecule has 0 radical (unpaired) electrons. The Balaban J connectivity index is 2.03. The molecule has 0 unspecified atom stereocenters. The van der Waals surface area contributed by atoms with E-state index in [0.29, 0.717) is 0 Å². The van der Waals surface area contributed by atoms with Gasteiger partial charge in [-0.3, -0.25) is 10.2 Å². The Kier molecular flexibility index (Phi) is 3.47. The molecule has 1 amide bonds. The number of rotatable bonds is 2. The summed E-state index contributed by atoms with van der Waals surface area (Å²) in [4.78, 5) is 11.2. The van der Waals surface area contributed by atoms with Crippen molar-refractivity contribution >= 4 is 26.0 Å². The van der Waals surface area contributed by atoms with E-state index in [9.17, 15) is 26.0 Å². The van der Waals surface area contributed by atoms with Crippen LogP contribution in [-0.2, 0) is 20.0 Å². The molecule has 120 valence electrons. The zero-order valence-electron chi connectivity index (χ0n) is 11.3. The fraction of sp³-hybridized carbons (Fsp3) is 0. The smallest absolute Gasteiger partial charge is 0.268 e. The highest BCUT2D eigenvalue weighted by Crippen LogP contribution is 2.34. The van der Waals surface area contributed by atoms with Crippen molar-refractivity contribution in [2.24, 2.45) is 0 Å². The molecule has 3 rings (SSSR count). The lowest BCUT2D eigenvalue weighted by atomic mass is 10.2. The maximum absolute atomic E-state index is 13.1. The van der Waals surface area contributed by atoms with Gasteiger partial charge < -0.3 is 0 Å². The molecule has 23 heavy (non-hydrogen) atoms. The Bertz CT molecular complexity index is 965. The molecule has 2 aromatic rings. The van der Waals surface area contributed by atoms with Crippen LogP contribution in [0.2, 0.25) is 0 Å². The molecule has 1 N–H and O–H groups in total. The monoisotopic (exact) mass is 356 g/mol. The fourth-order valence-electron chi connectivity index (χ4n) is 2.08. The quantitative estimate of drug-likeness (QED) is 0.860. The summed E-state index contributed by atoms with van der Waals surface area (Å²) >= 11 is 0. The number of sulfonamides is 2. The van der Waals surface area contributed by atoms with Crippen LogP contribution in [0.25, 0.3) is 0 Å². The van der Waals surface area contributed by atoms with Crippen molar-refractivity contribution in [2.75, 3.05) is 0 Å². The summed E-state index contributed by atoms with van der Waals surface area (Å²) in [5.74, 6) is -1.78. The number of amides is 1. The van der Waals surface area contributed by atoms with Crippen LogP contribution in [-0.4, -0.2) is 26.6 Å². The minimum atomic E-state index is -4.45. The van der Waals surface area contributed by atoms with Crippen molar-refractivity contribution in [2.45, 2.75) is 9.79 Å². The second-order valence-corrected chi connectivity index (χ2v) is 8.35. The summed E-state index contributed by atoms with van der Waals surface area (Å²) in [5.41, 5.74) is 1.59. The minimum absolute atomic E-state index is 0.0993. The zero-order valence-corrected chi connectivity index (χ0v) is 12.9. The molecule has 10 heteroatoms. The van der Waals surface area contributed by atoms with Gasteiger partial charge in [-0.2, -0.15) is 0 Å². The fourth-order valence-corrected chi connectivity index (χ4v) is 6.14. The lowest BCUT2D eigenvalue weighted by molar-refractivity contribution is 0.0915. The average Bonchev–Trinajstić information content (AvgIpc) is 2.66. The van der Waals surface area contributed by atoms with Crippen molar-refractivity contribution in [3.05, 3.63) is 59.9 Å².